The Labute approximate surface area is 99.2 Å². The van der Waals surface area contributed by atoms with Crippen molar-refractivity contribution in [2.45, 2.75) is 37.6 Å². The molecule has 4 atom stereocenters. The highest BCUT2D eigenvalue weighted by Crippen LogP contribution is 2.50. The lowest BCUT2D eigenvalue weighted by atomic mass is 9.78. The lowest BCUT2D eigenvalue weighted by Crippen LogP contribution is -2.51. The van der Waals surface area contributed by atoms with Crippen LogP contribution in [0.4, 0.5) is 0 Å². The highest BCUT2D eigenvalue weighted by molar-refractivity contribution is 14.1. The number of ether oxygens (including phenoxy) is 2. The third-order valence-corrected chi connectivity index (χ3v) is 5.06. The molecule has 0 aromatic carbocycles. The van der Waals surface area contributed by atoms with Crippen molar-refractivity contribution in [1.29, 1.82) is 0 Å². The number of hydrogen-bond acceptors (Lipinski definition) is 2. The maximum absolute atomic E-state index is 6.05. The molecule has 2 rings (SSSR count). The second kappa shape index (κ2) is 3.46. The SMILES string of the molecule is C=C[C@H]1O[C@](C)(CI)C[C@@]2(CO2)[C@@H]1C. The second-order valence-electron chi connectivity index (χ2n) is 4.72. The lowest BCUT2D eigenvalue weighted by Gasteiger charge is -2.43. The minimum absolute atomic E-state index is 0.0393. The average Bonchev–Trinajstić information content (AvgIpc) is 2.93. The zero-order chi connectivity index (χ0) is 10.4. The Morgan fingerprint density at radius 1 is 1.64 bits per heavy atom. The number of epoxide rings is 1. The number of alkyl halides is 1. The summed E-state index contributed by atoms with van der Waals surface area (Å²) in [6, 6.07) is 0. The van der Waals surface area contributed by atoms with Crippen molar-refractivity contribution in [1.82, 2.24) is 0 Å². The maximum Gasteiger partial charge on any atom is 0.0997 e. The molecule has 0 radical (unpaired) electrons. The summed E-state index contributed by atoms with van der Waals surface area (Å²) in [5.74, 6) is 0.441. The van der Waals surface area contributed by atoms with Gasteiger partial charge >= 0.3 is 0 Å². The standard InChI is InChI=1S/C11H17IO2/c1-4-9-8(2)11(7-13-11)5-10(3,6-12)14-9/h4,8-9H,1,5-7H2,2-3H3/t8-,9-,10+,11-/m1/s1. The first-order chi connectivity index (χ1) is 6.55. The molecular weight excluding hydrogens is 291 g/mol. The fourth-order valence-electron chi connectivity index (χ4n) is 2.35. The Hall–Kier alpha value is 0.390. The van der Waals surface area contributed by atoms with Crippen LogP contribution in [0.1, 0.15) is 20.3 Å². The Morgan fingerprint density at radius 2 is 2.29 bits per heavy atom. The molecule has 0 aromatic rings. The maximum atomic E-state index is 6.05. The van der Waals surface area contributed by atoms with Crippen LogP contribution in [0, 0.1) is 5.92 Å². The molecule has 2 aliphatic rings. The first-order valence-corrected chi connectivity index (χ1v) is 6.58. The first-order valence-electron chi connectivity index (χ1n) is 5.06. The minimum atomic E-state index is -0.0393. The van der Waals surface area contributed by atoms with Crippen LogP contribution in [0.25, 0.3) is 0 Å². The molecule has 1 spiro atoms. The highest BCUT2D eigenvalue weighted by Gasteiger charge is 2.59. The summed E-state index contributed by atoms with van der Waals surface area (Å²) in [4.78, 5) is 0. The van der Waals surface area contributed by atoms with E-state index in [2.05, 4.69) is 43.0 Å². The highest BCUT2D eigenvalue weighted by atomic mass is 127. The average molecular weight is 308 g/mol. The van der Waals surface area contributed by atoms with E-state index in [9.17, 15) is 0 Å². The largest absolute Gasteiger partial charge is 0.369 e. The van der Waals surface area contributed by atoms with E-state index >= 15 is 0 Å². The molecule has 0 unspecified atom stereocenters. The Bertz CT molecular complexity index is 250. The first kappa shape index (κ1) is 10.9. The molecule has 80 valence electrons. The van der Waals surface area contributed by atoms with E-state index in [1.54, 1.807) is 0 Å². The van der Waals surface area contributed by atoms with Crippen molar-refractivity contribution >= 4 is 22.6 Å². The topological polar surface area (TPSA) is 21.8 Å². The van der Waals surface area contributed by atoms with Crippen LogP contribution in [0.2, 0.25) is 0 Å². The molecule has 0 N–H and O–H groups in total. The lowest BCUT2D eigenvalue weighted by molar-refractivity contribution is -0.135. The molecule has 2 aliphatic heterocycles. The molecule has 0 bridgehead atoms. The van der Waals surface area contributed by atoms with Gasteiger partial charge in [0.05, 0.1) is 23.9 Å². The van der Waals surface area contributed by atoms with Gasteiger partial charge in [-0.15, -0.1) is 6.58 Å². The smallest absolute Gasteiger partial charge is 0.0997 e. The summed E-state index contributed by atoms with van der Waals surface area (Å²) in [5, 5.41) is 0. The van der Waals surface area contributed by atoms with E-state index in [1.807, 2.05) is 6.08 Å². The van der Waals surface area contributed by atoms with Crippen LogP contribution in [0.3, 0.4) is 0 Å². The second-order valence-corrected chi connectivity index (χ2v) is 5.48. The van der Waals surface area contributed by atoms with Gasteiger partial charge < -0.3 is 9.47 Å². The molecule has 2 heterocycles. The molecule has 2 nitrogen and oxygen atoms in total. The van der Waals surface area contributed by atoms with Crippen LogP contribution < -0.4 is 0 Å². The summed E-state index contributed by atoms with van der Waals surface area (Å²) >= 11 is 2.39. The van der Waals surface area contributed by atoms with Crippen molar-refractivity contribution in [3.63, 3.8) is 0 Å². The molecule has 2 saturated heterocycles. The zero-order valence-corrected chi connectivity index (χ0v) is 10.9. The van der Waals surface area contributed by atoms with E-state index < -0.39 is 0 Å². The van der Waals surface area contributed by atoms with Crippen LogP contribution in [0.5, 0.6) is 0 Å². The Balaban J connectivity index is 2.20. The third kappa shape index (κ3) is 1.63. The van der Waals surface area contributed by atoms with E-state index in [4.69, 9.17) is 9.47 Å². The summed E-state index contributed by atoms with van der Waals surface area (Å²) in [7, 11) is 0. The molecule has 3 heteroatoms. The van der Waals surface area contributed by atoms with E-state index in [1.165, 1.54) is 0 Å². The van der Waals surface area contributed by atoms with Gasteiger partial charge in [0, 0.05) is 16.8 Å². The Kier molecular flexibility index (Phi) is 2.69. The number of hydrogen-bond donors (Lipinski definition) is 0. The molecule has 14 heavy (non-hydrogen) atoms. The molecule has 0 amide bonds. The predicted molar refractivity (Wildman–Crippen MR) is 64.8 cm³/mol. The van der Waals surface area contributed by atoms with Gasteiger partial charge in [0.2, 0.25) is 0 Å². The van der Waals surface area contributed by atoms with Gasteiger partial charge in [-0.05, 0) is 6.92 Å². The van der Waals surface area contributed by atoms with E-state index in [0.717, 1.165) is 17.5 Å². The normalized spacial score (nSPS) is 51.9. The van der Waals surface area contributed by atoms with Crippen molar-refractivity contribution in [3.05, 3.63) is 12.7 Å². The van der Waals surface area contributed by atoms with Crippen LogP contribution >= 0.6 is 22.6 Å². The van der Waals surface area contributed by atoms with Gasteiger partial charge in [0.25, 0.3) is 0 Å². The van der Waals surface area contributed by atoms with Gasteiger partial charge in [0.1, 0.15) is 0 Å². The van der Waals surface area contributed by atoms with E-state index in [0.29, 0.717) is 5.92 Å². The van der Waals surface area contributed by atoms with Crippen molar-refractivity contribution in [3.8, 4) is 0 Å². The summed E-state index contributed by atoms with van der Waals surface area (Å²) in [6.07, 6.45) is 3.08. The van der Waals surface area contributed by atoms with Gasteiger partial charge in [-0.1, -0.05) is 35.6 Å². The molecule has 0 aliphatic carbocycles. The summed E-state index contributed by atoms with van der Waals surface area (Å²) < 4.78 is 12.7. The fourth-order valence-corrected chi connectivity index (χ4v) is 2.80. The molecule has 0 saturated carbocycles. The predicted octanol–water partition coefficient (Wildman–Crippen LogP) is 2.56. The van der Waals surface area contributed by atoms with Gasteiger partial charge in [-0.3, -0.25) is 0 Å². The minimum Gasteiger partial charge on any atom is -0.369 e. The van der Waals surface area contributed by atoms with Crippen LogP contribution in [0.15, 0.2) is 12.7 Å². The molecule has 2 fully saturated rings. The number of rotatable bonds is 2. The van der Waals surface area contributed by atoms with Gasteiger partial charge in [-0.25, -0.2) is 0 Å². The molecular formula is C11H17IO2. The van der Waals surface area contributed by atoms with Crippen LogP contribution in [-0.4, -0.2) is 28.3 Å². The Morgan fingerprint density at radius 3 is 2.71 bits per heavy atom. The summed E-state index contributed by atoms with van der Waals surface area (Å²) in [5.41, 5.74) is 0.0550. The van der Waals surface area contributed by atoms with Crippen LogP contribution in [-0.2, 0) is 9.47 Å². The zero-order valence-electron chi connectivity index (χ0n) is 8.75. The summed E-state index contributed by atoms with van der Waals surface area (Å²) in [6.45, 7) is 9.11. The fraction of sp³-hybridized carbons (Fsp3) is 0.818. The quantitative estimate of drug-likeness (QED) is 0.338. The number of halogens is 1. The van der Waals surface area contributed by atoms with Gasteiger partial charge in [0.15, 0.2) is 0 Å². The van der Waals surface area contributed by atoms with Crippen molar-refractivity contribution < 1.29 is 9.47 Å². The molecule has 0 aromatic heterocycles. The van der Waals surface area contributed by atoms with Gasteiger partial charge in [-0.2, -0.15) is 0 Å². The third-order valence-electron chi connectivity index (χ3n) is 3.45. The van der Waals surface area contributed by atoms with E-state index in [-0.39, 0.29) is 17.3 Å². The van der Waals surface area contributed by atoms with Crippen molar-refractivity contribution in [2.75, 3.05) is 11.0 Å². The monoisotopic (exact) mass is 308 g/mol. The van der Waals surface area contributed by atoms with Crippen molar-refractivity contribution in [2.24, 2.45) is 5.92 Å².